The third-order valence-corrected chi connectivity index (χ3v) is 5.77. The van der Waals surface area contributed by atoms with Crippen molar-refractivity contribution in [1.82, 2.24) is 9.88 Å². The van der Waals surface area contributed by atoms with Crippen LogP contribution in [0.15, 0.2) is 73.1 Å². The number of fused-ring (bicyclic) bond motifs is 3. The van der Waals surface area contributed by atoms with E-state index in [2.05, 4.69) is 17.1 Å². The molecule has 1 aromatic heterocycles. The van der Waals surface area contributed by atoms with E-state index in [0.29, 0.717) is 0 Å². The van der Waals surface area contributed by atoms with Gasteiger partial charge in [-0.3, -0.25) is 9.88 Å². The van der Waals surface area contributed by atoms with E-state index in [1.165, 1.54) is 7.05 Å². The molecule has 4 rings (SSSR count). The molecule has 0 fully saturated rings. The van der Waals surface area contributed by atoms with E-state index in [1.807, 2.05) is 36.4 Å². The maximum atomic E-state index is 12.7. The molecule has 1 aliphatic rings. The van der Waals surface area contributed by atoms with Crippen molar-refractivity contribution in [2.45, 2.75) is 24.6 Å². The van der Waals surface area contributed by atoms with Crippen LogP contribution in [0.4, 0.5) is 18.0 Å². The van der Waals surface area contributed by atoms with Gasteiger partial charge >= 0.3 is 24.2 Å². The second-order valence-electron chi connectivity index (χ2n) is 8.14. The Labute approximate surface area is 209 Å². The molecular weight excluding hydrogens is 493 g/mol. The summed E-state index contributed by atoms with van der Waals surface area (Å²) >= 11 is 0. The zero-order chi connectivity index (χ0) is 27.2. The highest BCUT2D eigenvalue weighted by Crippen LogP contribution is 2.44. The molecule has 11 heteroatoms. The Kier molecular flexibility index (Phi) is 8.49. The van der Waals surface area contributed by atoms with Crippen LogP contribution >= 0.6 is 0 Å². The predicted molar refractivity (Wildman–Crippen MR) is 126 cm³/mol. The number of alkyl halides is 3. The standard InChI is InChI=1S/C24H22N2O4.C2HF3O2/c1-26(22(23(27)28)13-16-7-6-12-25-14-16)24(29)30-15-21-19-10-4-2-8-17(19)18-9-3-5-11-20(18)21;3-2(4,5)1(6)7/h2-12,14,21-22H,13,15H2,1H3,(H,27,28);(H,6,7)/t22-;/m0./s1. The van der Waals surface area contributed by atoms with Crippen molar-refractivity contribution in [2.24, 2.45) is 0 Å². The molecule has 0 saturated carbocycles. The monoisotopic (exact) mass is 516 g/mol. The number of likely N-dealkylation sites (N-methyl/N-ethyl adjacent to an activating group) is 1. The molecule has 37 heavy (non-hydrogen) atoms. The first-order valence-electron chi connectivity index (χ1n) is 11.0. The number of carbonyl (C=O) groups excluding carboxylic acids is 1. The highest BCUT2D eigenvalue weighted by molar-refractivity contribution is 5.81. The smallest absolute Gasteiger partial charge is 0.480 e. The Morgan fingerprint density at radius 2 is 1.51 bits per heavy atom. The number of amides is 1. The molecule has 194 valence electrons. The Hall–Kier alpha value is -4.41. The molecule has 2 N–H and O–H groups in total. The fourth-order valence-corrected chi connectivity index (χ4v) is 3.96. The lowest BCUT2D eigenvalue weighted by atomic mass is 9.98. The second-order valence-corrected chi connectivity index (χ2v) is 8.14. The van der Waals surface area contributed by atoms with Crippen molar-refractivity contribution in [3.8, 4) is 11.1 Å². The van der Waals surface area contributed by atoms with Crippen LogP contribution in [-0.2, 0) is 20.7 Å². The number of carbonyl (C=O) groups is 3. The van der Waals surface area contributed by atoms with Gasteiger partial charge in [-0.05, 0) is 33.9 Å². The van der Waals surface area contributed by atoms with Crippen LogP contribution in [0.2, 0.25) is 0 Å². The van der Waals surface area contributed by atoms with Crippen LogP contribution in [0.25, 0.3) is 11.1 Å². The number of rotatable bonds is 6. The third kappa shape index (κ3) is 6.63. The molecule has 1 atom stereocenters. The summed E-state index contributed by atoms with van der Waals surface area (Å²) in [7, 11) is 1.45. The highest BCUT2D eigenvalue weighted by Gasteiger charge is 2.38. The van der Waals surface area contributed by atoms with Crippen LogP contribution in [0.3, 0.4) is 0 Å². The number of hydrogen-bond donors (Lipinski definition) is 2. The van der Waals surface area contributed by atoms with Crippen LogP contribution in [0, 0.1) is 0 Å². The second kappa shape index (κ2) is 11.5. The van der Waals surface area contributed by atoms with Gasteiger partial charge in [-0.2, -0.15) is 13.2 Å². The number of aromatic nitrogens is 1. The summed E-state index contributed by atoms with van der Waals surface area (Å²) in [4.78, 5) is 38.5. The minimum Gasteiger partial charge on any atom is -0.480 e. The van der Waals surface area contributed by atoms with E-state index < -0.39 is 30.2 Å². The Morgan fingerprint density at radius 3 is 1.97 bits per heavy atom. The van der Waals surface area contributed by atoms with Gasteiger partial charge in [0.25, 0.3) is 0 Å². The minimum absolute atomic E-state index is 0.0728. The highest BCUT2D eigenvalue weighted by atomic mass is 19.4. The van der Waals surface area contributed by atoms with E-state index >= 15 is 0 Å². The number of aliphatic carboxylic acids is 2. The quantitative estimate of drug-likeness (QED) is 0.492. The van der Waals surface area contributed by atoms with Crippen LogP contribution in [0.5, 0.6) is 0 Å². The molecule has 2 aromatic carbocycles. The van der Waals surface area contributed by atoms with Crippen molar-refractivity contribution in [2.75, 3.05) is 13.7 Å². The third-order valence-electron chi connectivity index (χ3n) is 5.77. The van der Waals surface area contributed by atoms with E-state index in [-0.39, 0.29) is 18.9 Å². The first kappa shape index (κ1) is 27.2. The van der Waals surface area contributed by atoms with Crippen molar-refractivity contribution in [3.63, 3.8) is 0 Å². The average molecular weight is 516 g/mol. The van der Waals surface area contributed by atoms with Crippen LogP contribution in [0.1, 0.15) is 22.6 Å². The Morgan fingerprint density at radius 1 is 0.973 bits per heavy atom. The van der Waals surface area contributed by atoms with Gasteiger partial charge in [0, 0.05) is 31.8 Å². The van der Waals surface area contributed by atoms with E-state index in [4.69, 9.17) is 14.6 Å². The molecule has 8 nitrogen and oxygen atoms in total. The number of nitrogens with zero attached hydrogens (tertiary/aromatic N) is 2. The normalized spacial score (nSPS) is 12.9. The van der Waals surface area contributed by atoms with E-state index in [9.17, 15) is 27.9 Å². The number of pyridine rings is 1. The van der Waals surface area contributed by atoms with Gasteiger partial charge in [0.2, 0.25) is 0 Å². The van der Waals surface area contributed by atoms with Gasteiger partial charge in [0.1, 0.15) is 12.6 Å². The SMILES string of the molecule is CN(C(=O)OCC1c2ccccc2-c2ccccc21)[C@@H](Cc1cccnc1)C(=O)O.O=C(O)C(F)(F)F. The number of carboxylic acid groups (broad SMARTS) is 2. The molecule has 0 bridgehead atoms. The molecule has 0 aliphatic heterocycles. The molecule has 1 aliphatic carbocycles. The number of halogens is 3. The van der Waals surface area contributed by atoms with Crippen molar-refractivity contribution in [3.05, 3.63) is 89.7 Å². The lowest BCUT2D eigenvalue weighted by molar-refractivity contribution is -0.192. The molecular formula is C26H23F3N2O6. The van der Waals surface area contributed by atoms with Gasteiger partial charge in [-0.15, -0.1) is 0 Å². The molecule has 0 radical (unpaired) electrons. The van der Waals surface area contributed by atoms with Crippen LogP contribution < -0.4 is 0 Å². The molecule has 0 spiro atoms. The van der Waals surface area contributed by atoms with Gasteiger partial charge in [0.05, 0.1) is 0 Å². The zero-order valence-electron chi connectivity index (χ0n) is 19.6. The van der Waals surface area contributed by atoms with Gasteiger partial charge < -0.3 is 14.9 Å². The largest absolute Gasteiger partial charge is 0.490 e. The lowest BCUT2D eigenvalue weighted by Gasteiger charge is -2.25. The summed E-state index contributed by atoms with van der Waals surface area (Å²) < 4.78 is 37.3. The average Bonchev–Trinajstić information content (AvgIpc) is 3.19. The predicted octanol–water partition coefficient (Wildman–Crippen LogP) is 4.59. The first-order valence-corrected chi connectivity index (χ1v) is 11.0. The molecule has 0 unspecified atom stereocenters. The fraction of sp³-hybridized carbons (Fsp3) is 0.231. The molecule has 1 heterocycles. The fourth-order valence-electron chi connectivity index (χ4n) is 3.96. The Balaban J connectivity index is 0.000000479. The van der Waals surface area contributed by atoms with Gasteiger partial charge in [0.15, 0.2) is 0 Å². The zero-order valence-corrected chi connectivity index (χ0v) is 19.6. The van der Waals surface area contributed by atoms with Gasteiger partial charge in [-0.1, -0.05) is 54.6 Å². The maximum Gasteiger partial charge on any atom is 0.490 e. The number of ether oxygens (including phenoxy) is 1. The summed E-state index contributed by atoms with van der Waals surface area (Å²) in [5.74, 6) is -3.92. The first-order chi connectivity index (χ1) is 17.5. The summed E-state index contributed by atoms with van der Waals surface area (Å²) in [5, 5.41) is 16.7. The topological polar surface area (TPSA) is 117 Å². The minimum atomic E-state index is -5.08. The Bertz CT molecular complexity index is 1220. The molecule has 0 saturated heterocycles. The molecule has 1 amide bonds. The summed E-state index contributed by atoms with van der Waals surface area (Å²) in [5.41, 5.74) is 5.24. The maximum absolute atomic E-state index is 12.7. The van der Waals surface area contributed by atoms with Crippen LogP contribution in [-0.4, -0.2) is 64.0 Å². The number of hydrogen-bond acceptors (Lipinski definition) is 5. The number of carboxylic acids is 2. The van der Waals surface area contributed by atoms with Crippen molar-refractivity contribution < 1.29 is 42.5 Å². The number of benzene rings is 2. The van der Waals surface area contributed by atoms with E-state index in [1.54, 1.807) is 24.5 Å². The summed E-state index contributed by atoms with van der Waals surface area (Å²) in [6.45, 7) is 0.149. The van der Waals surface area contributed by atoms with Crippen molar-refractivity contribution >= 4 is 18.0 Å². The summed E-state index contributed by atoms with van der Waals surface area (Å²) in [6.07, 6.45) is -2.37. The lowest BCUT2D eigenvalue weighted by Crippen LogP contribution is -2.44. The molecule has 3 aromatic rings. The van der Waals surface area contributed by atoms with Crippen molar-refractivity contribution in [1.29, 1.82) is 0 Å². The van der Waals surface area contributed by atoms with E-state index in [0.717, 1.165) is 32.7 Å². The summed E-state index contributed by atoms with van der Waals surface area (Å²) in [6, 6.07) is 18.6. The van der Waals surface area contributed by atoms with Gasteiger partial charge in [-0.25, -0.2) is 14.4 Å².